The van der Waals surface area contributed by atoms with Crippen LogP contribution in [0.5, 0.6) is 0 Å². The normalized spacial score (nSPS) is 19.7. The number of hydrogen-bond acceptors (Lipinski definition) is 4. The molecule has 1 aliphatic heterocycles. The molecule has 3 aromatic rings. The van der Waals surface area contributed by atoms with Crippen molar-refractivity contribution in [3.8, 4) is 5.69 Å². The van der Waals surface area contributed by atoms with Crippen molar-refractivity contribution in [1.82, 2.24) is 24.9 Å². The van der Waals surface area contributed by atoms with E-state index in [1.807, 2.05) is 38.1 Å². The largest absolute Gasteiger partial charge is 0.336 e. The third-order valence-corrected chi connectivity index (χ3v) is 7.36. The summed E-state index contributed by atoms with van der Waals surface area (Å²) in [5.74, 6) is 0.0948. The van der Waals surface area contributed by atoms with Crippen molar-refractivity contribution >= 4 is 5.91 Å². The summed E-state index contributed by atoms with van der Waals surface area (Å²) >= 11 is 0. The van der Waals surface area contributed by atoms with Crippen LogP contribution in [0.25, 0.3) is 5.69 Å². The lowest BCUT2D eigenvalue weighted by molar-refractivity contribution is -0.00220. The summed E-state index contributed by atoms with van der Waals surface area (Å²) in [6.45, 7) is 4.88. The van der Waals surface area contributed by atoms with Gasteiger partial charge in [0.05, 0.1) is 23.6 Å². The van der Waals surface area contributed by atoms with E-state index >= 15 is 0 Å². The molecule has 1 saturated carbocycles. The second kappa shape index (κ2) is 8.49. The molecule has 2 aliphatic rings. The van der Waals surface area contributed by atoms with E-state index in [9.17, 15) is 4.79 Å². The molecular formula is C26H31N5O. The standard InChI is InChI=1S/C26H31N5O/c1-19-7-10-24(31-27-14-15-28-31)23(17-19)25(32)30-16-13-26(11-4-12-26)18-22(30)9-8-21-6-3-5-20(2)29-21/h3,5-7,10,14-15,17,22H,4,8-9,11-13,16,18H2,1-2H3. The maximum absolute atomic E-state index is 13.9. The summed E-state index contributed by atoms with van der Waals surface area (Å²) in [7, 11) is 0. The smallest absolute Gasteiger partial charge is 0.256 e. The summed E-state index contributed by atoms with van der Waals surface area (Å²) < 4.78 is 0. The number of likely N-dealkylation sites (tertiary alicyclic amines) is 1. The lowest BCUT2D eigenvalue weighted by Crippen LogP contribution is -2.52. The van der Waals surface area contributed by atoms with E-state index in [0.29, 0.717) is 11.0 Å². The predicted octanol–water partition coefficient (Wildman–Crippen LogP) is 4.69. The molecule has 0 radical (unpaired) electrons. The van der Waals surface area contributed by atoms with Crippen molar-refractivity contribution in [2.45, 2.75) is 64.8 Å². The van der Waals surface area contributed by atoms with Gasteiger partial charge in [-0.25, -0.2) is 0 Å². The number of rotatable bonds is 5. The third-order valence-electron chi connectivity index (χ3n) is 7.36. The van der Waals surface area contributed by atoms with Gasteiger partial charge in [0.1, 0.15) is 0 Å². The number of benzene rings is 1. The fourth-order valence-corrected chi connectivity index (χ4v) is 5.45. The minimum absolute atomic E-state index is 0.0948. The average Bonchev–Trinajstić information content (AvgIpc) is 3.31. The van der Waals surface area contributed by atoms with Gasteiger partial charge in [0, 0.05) is 24.0 Å². The van der Waals surface area contributed by atoms with Gasteiger partial charge in [0.25, 0.3) is 5.91 Å². The lowest BCUT2D eigenvalue weighted by atomic mass is 9.61. The molecular weight excluding hydrogens is 398 g/mol. The molecule has 1 spiro atoms. The first-order chi connectivity index (χ1) is 15.5. The van der Waals surface area contributed by atoms with E-state index in [-0.39, 0.29) is 11.9 Å². The molecule has 0 N–H and O–H groups in total. The molecule has 1 unspecified atom stereocenters. The Morgan fingerprint density at radius 2 is 1.91 bits per heavy atom. The maximum Gasteiger partial charge on any atom is 0.256 e. The van der Waals surface area contributed by atoms with E-state index < -0.39 is 0 Å². The fourth-order valence-electron chi connectivity index (χ4n) is 5.45. The van der Waals surface area contributed by atoms with E-state index in [2.05, 4.69) is 27.2 Å². The Labute approximate surface area is 189 Å². The zero-order valence-electron chi connectivity index (χ0n) is 19.0. The fraction of sp³-hybridized carbons (Fsp3) is 0.462. The van der Waals surface area contributed by atoms with Crippen molar-refractivity contribution < 1.29 is 4.79 Å². The number of amides is 1. The highest BCUT2D eigenvalue weighted by Gasteiger charge is 2.45. The minimum atomic E-state index is 0.0948. The van der Waals surface area contributed by atoms with Crippen LogP contribution in [0.15, 0.2) is 48.8 Å². The number of carbonyl (C=O) groups is 1. The van der Waals surface area contributed by atoms with Gasteiger partial charge in [-0.2, -0.15) is 15.0 Å². The second-order valence-corrected chi connectivity index (χ2v) is 9.61. The van der Waals surface area contributed by atoms with Crippen molar-refractivity contribution in [2.24, 2.45) is 5.41 Å². The number of aryl methyl sites for hydroxylation is 3. The van der Waals surface area contributed by atoms with Crippen LogP contribution in [0.4, 0.5) is 0 Å². The molecule has 1 amide bonds. The average molecular weight is 430 g/mol. The minimum Gasteiger partial charge on any atom is -0.336 e. The van der Waals surface area contributed by atoms with Crippen LogP contribution >= 0.6 is 0 Å². The third kappa shape index (κ3) is 4.06. The SMILES string of the molecule is Cc1ccc(-n2nccn2)c(C(=O)N2CCC3(CCC3)CC2CCc2cccc(C)n2)c1. The molecule has 6 nitrogen and oxygen atoms in total. The Kier molecular flexibility index (Phi) is 5.53. The highest BCUT2D eigenvalue weighted by molar-refractivity contribution is 5.98. The number of nitrogens with zero attached hydrogens (tertiary/aromatic N) is 5. The Morgan fingerprint density at radius 1 is 1.09 bits per heavy atom. The van der Waals surface area contributed by atoms with Gasteiger partial charge < -0.3 is 4.90 Å². The number of piperidine rings is 1. The molecule has 1 saturated heterocycles. The molecule has 3 heterocycles. The molecule has 0 bridgehead atoms. The van der Waals surface area contributed by atoms with Crippen molar-refractivity contribution in [2.75, 3.05) is 6.54 Å². The molecule has 1 aromatic carbocycles. The van der Waals surface area contributed by atoms with Crippen LogP contribution in [0.1, 0.15) is 65.8 Å². The summed E-state index contributed by atoms with van der Waals surface area (Å²) in [4.78, 5) is 22.3. The van der Waals surface area contributed by atoms with E-state index in [1.54, 1.807) is 17.2 Å². The lowest BCUT2D eigenvalue weighted by Gasteiger charge is -2.52. The zero-order valence-corrected chi connectivity index (χ0v) is 19.0. The van der Waals surface area contributed by atoms with Crippen LogP contribution in [0.2, 0.25) is 0 Å². The van der Waals surface area contributed by atoms with Gasteiger partial charge in [-0.05, 0) is 82.1 Å². The van der Waals surface area contributed by atoms with Crippen molar-refractivity contribution in [3.63, 3.8) is 0 Å². The summed E-state index contributed by atoms with van der Waals surface area (Å²) in [5, 5.41) is 8.56. The van der Waals surface area contributed by atoms with E-state index in [0.717, 1.165) is 54.9 Å². The second-order valence-electron chi connectivity index (χ2n) is 9.61. The Hall–Kier alpha value is -3.02. The Bertz CT molecular complexity index is 1100. The Balaban J connectivity index is 1.42. The van der Waals surface area contributed by atoms with Crippen LogP contribution in [-0.4, -0.2) is 43.4 Å². The number of carbonyl (C=O) groups excluding carboxylic acids is 1. The number of hydrogen-bond donors (Lipinski definition) is 0. The first-order valence-electron chi connectivity index (χ1n) is 11.7. The molecule has 6 heteroatoms. The first-order valence-corrected chi connectivity index (χ1v) is 11.7. The van der Waals surface area contributed by atoms with Crippen LogP contribution in [-0.2, 0) is 6.42 Å². The van der Waals surface area contributed by atoms with Gasteiger partial charge in [0.15, 0.2) is 0 Å². The highest BCUT2D eigenvalue weighted by Crippen LogP contribution is 2.51. The predicted molar refractivity (Wildman–Crippen MR) is 124 cm³/mol. The van der Waals surface area contributed by atoms with Gasteiger partial charge in [-0.15, -0.1) is 0 Å². The van der Waals surface area contributed by atoms with Crippen molar-refractivity contribution in [3.05, 3.63) is 71.3 Å². The molecule has 1 atom stereocenters. The summed E-state index contributed by atoms with van der Waals surface area (Å²) in [6.07, 6.45) is 11.3. The molecule has 5 rings (SSSR count). The van der Waals surface area contributed by atoms with Crippen molar-refractivity contribution in [1.29, 1.82) is 0 Å². The van der Waals surface area contributed by atoms with Crippen LogP contribution in [0.3, 0.4) is 0 Å². The quantitative estimate of drug-likeness (QED) is 0.590. The summed E-state index contributed by atoms with van der Waals surface area (Å²) in [5.41, 5.74) is 5.10. The number of aromatic nitrogens is 4. The highest BCUT2D eigenvalue weighted by atomic mass is 16.2. The first kappa shape index (κ1) is 20.9. The van der Waals surface area contributed by atoms with E-state index in [1.165, 1.54) is 19.3 Å². The summed E-state index contributed by atoms with van der Waals surface area (Å²) in [6, 6.07) is 12.4. The van der Waals surface area contributed by atoms with Gasteiger partial charge in [0.2, 0.25) is 0 Å². The number of pyridine rings is 1. The Morgan fingerprint density at radius 3 is 2.62 bits per heavy atom. The molecule has 166 valence electrons. The molecule has 1 aliphatic carbocycles. The van der Waals surface area contributed by atoms with Crippen LogP contribution in [0, 0.1) is 19.3 Å². The van der Waals surface area contributed by atoms with Gasteiger partial charge in [-0.3, -0.25) is 9.78 Å². The monoisotopic (exact) mass is 429 g/mol. The van der Waals surface area contributed by atoms with Gasteiger partial charge in [-0.1, -0.05) is 24.1 Å². The molecule has 2 fully saturated rings. The molecule has 32 heavy (non-hydrogen) atoms. The topological polar surface area (TPSA) is 63.9 Å². The maximum atomic E-state index is 13.9. The zero-order chi connectivity index (χ0) is 22.1. The van der Waals surface area contributed by atoms with Gasteiger partial charge >= 0.3 is 0 Å². The van der Waals surface area contributed by atoms with Crippen LogP contribution < -0.4 is 0 Å². The molecule has 2 aromatic heterocycles. The van der Waals surface area contributed by atoms with E-state index in [4.69, 9.17) is 4.98 Å².